The number of carbonyl (C=O) groups excluding carboxylic acids is 2. The van der Waals surface area contributed by atoms with Gasteiger partial charge in [-0.2, -0.15) is 43.9 Å². The van der Waals surface area contributed by atoms with Gasteiger partial charge in [-0.3, -0.25) is 9.59 Å². The summed E-state index contributed by atoms with van der Waals surface area (Å²) in [4.78, 5) is 23.2. The van der Waals surface area contributed by atoms with Gasteiger partial charge >= 0.3 is 29.6 Å². The lowest BCUT2D eigenvalue weighted by molar-refractivity contribution is -0.388. The topological polar surface area (TPSA) is 58.2 Å². The van der Waals surface area contributed by atoms with Gasteiger partial charge in [0.05, 0.1) is 0 Å². The molecule has 0 bridgehead atoms. The third-order valence-corrected chi connectivity index (χ3v) is 6.03. The summed E-state index contributed by atoms with van der Waals surface area (Å²) < 4.78 is 140. The van der Waals surface area contributed by atoms with Gasteiger partial charge in [0.15, 0.2) is 0 Å². The maximum atomic E-state index is 14.0. The van der Waals surface area contributed by atoms with Crippen LogP contribution in [0.2, 0.25) is 0 Å². The van der Waals surface area contributed by atoms with Gasteiger partial charge in [0, 0.05) is 12.1 Å². The standard InChI is InChI=1S/C19H24F10N2O2/c20-15(21,13(32)30-11-7-3-1-4-8-11)17(24,25)19(28,29)18(26,27)16(22,23)14(33)31-12-9-5-2-6-10-12/h11-12H,1-10H2,(H,30,32)(H,31,33). The van der Waals surface area contributed by atoms with Gasteiger partial charge in [0.25, 0.3) is 11.8 Å². The summed E-state index contributed by atoms with van der Waals surface area (Å²) in [5, 5.41) is 2.78. The minimum atomic E-state index is -7.47. The number of nitrogens with one attached hydrogen (secondary N) is 2. The summed E-state index contributed by atoms with van der Waals surface area (Å²) in [6, 6.07) is -2.19. The summed E-state index contributed by atoms with van der Waals surface area (Å²) >= 11 is 0. The maximum Gasteiger partial charge on any atom is 0.392 e. The highest BCUT2D eigenvalue weighted by molar-refractivity contribution is 5.86. The van der Waals surface area contributed by atoms with E-state index in [9.17, 15) is 53.5 Å². The lowest BCUT2D eigenvalue weighted by atomic mass is 9.91. The van der Waals surface area contributed by atoms with E-state index in [0.29, 0.717) is 38.5 Å². The van der Waals surface area contributed by atoms with Crippen LogP contribution in [-0.2, 0) is 9.59 Å². The van der Waals surface area contributed by atoms with Crippen LogP contribution in [0.3, 0.4) is 0 Å². The summed E-state index contributed by atoms with van der Waals surface area (Å²) in [7, 11) is 0. The zero-order valence-corrected chi connectivity index (χ0v) is 17.3. The highest BCUT2D eigenvalue weighted by Gasteiger charge is 2.89. The minimum absolute atomic E-state index is 0.0549. The molecule has 0 unspecified atom stereocenters. The number of carbonyl (C=O) groups is 2. The van der Waals surface area contributed by atoms with Crippen LogP contribution in [0.15, 0.2) is 0 Å². The van der Waals surface area contributed by atoms with Crippen LogP contribution in [0.5, 0.6) is 0 Å². The molecule has 0 aromatic rings. The molecule has 2 aliphatic carbocycles. The molecular formula is C19H24F10N2O2. The molecule has 0 radical (unpaired) electrons. The molecule has 0 heterocycles. The predicted octanol–water partition coefficient (Wildman–Crippen LogP) is 5.06. The maximum absolute atomic E-state index is 14.0. The molecule has 0 atom stereocenters. The van der Waals surface area contributed by atoms with Gasteiger partial charge in [-0.05, 0) is 25.7 Å². The molecule has 33 heavy (non-hydrogen) atoms. The Hall–Kier alpha value is -1.76. The van der Waals surface area contributed by atoms with E-state index in [1.807, 2.05) is 0 Å². The number of amides is 2. The fourth-order valence-corrected chi connectivity index (χ4v) is 3.92. The van der Waals surface area contributed by atoms with Crippen LogP contribution in [0.1, 0.15) is 64.2 Å². The largest absolute Gasteiger partial charge is 0.392 e. The predicted molar refractivity (Wildman–Crippen MR) is 94.8 cm³/mol. The lowest BCUT2D eigenvalue weighted by Crippen LogP contribution is -2.72. The fourth-order valence-electron chi connectivity index (χ4n) is 3.92. The van der Waals surface area contributed by atoms with Crippen LogP contribution in [0.25, 0.3) is 0 Å². The second-order valence-electron chi connectivity index (χ2n) is 8.49. The lowest BCUT2D eigenvalue weighted by Gasteiger charge is -2.39. The van der Waals surface area contributed by atoms with Gasteiger partial charge in [-0.1, -0.05) is 38.5 Å². The smallest absolute Gasteiger partial charge is 0.348 e. The number of halogens is 10. The SMILES string of the molecule is O=C(NC1CCCCC1)C(F)(F)C(F)(F)C(F)(F)C(F)(F)C(F)(F)C(=O)NC1CCCCC1. The van der Waals surface area contributed by atoms with E-state index in [1.165, 1.54) is 10.6 Å². The molecule has 2 fully saturated rings. The van der Waals surface area contributed by atoms with Crippen LogP contribution < -0.4 is 10.6 Å². The number of hydrogen-bond donors (Lipinski definition) is 2. The molecule has 0 saturated heterocycles. The normalized spacial score (nSPS) is 20.4. The van der Waals surface area contributed by atoms with Gasteiger partial charge < -0.3 is 10.6 Å². The molecule has 2 saturated carbocycles. The first-order chi connectivity index (χ1) is 15.0. The van der Waals surface area contributed by atoms with Crippen molar-refractivity contribution in [2.45, 2.75) is 106 Å². The van der Waals surface area contributed by atoms with E-state index >= 15 is 0 Å². The molecule has 4 nitrogen and oxygen atoms in total. The second-order valence-corrected chi connectivity index (χ2v) is 8.49. The van der Waals surface area contributed by atoms with Crippen molar-refractivity contribution in [1.82, 2.24) is 10.6 Å². The van der Waals surface area contributed by atoms with Gasteiger partial charge in [-0.15, -0.1) is 0 Å². The van der Waals surface area contributed by atoms with E-state index in [1.54, 1.807) is 0 Å². The van der Waals surface area contributed by atoms with Gasteiger partial charge in [0.1, 0.15) is 0 Å². The monoisotopic (exact) mass is 502 g/mol. The van der Waals surface area contributed by atoms with Gasteiger partial charge in [0.2, 0.25) is 0 Å². The molecule has 0 spiro atoms. The molecule has 0 aromatic heterocycles. The first-order valence-corrected chi connectivity index (χ1v) is 10.5. The number of alkyl halides is 10. The minimum Gasteiger partial charge on any atom is -0.348 e. The Labute approximate surface area is 182 Å². The van der Waals surface area contributed by atoms with E-state index in [4.69, 9.17) is 0 Å². The van der Waals surface area contributed by atoms with Crippen LogP contribution in [0, 0.1) is 0 Å². The van der Waals surface area contributed by atoms with Crippen molar-refractivity contribution in [3.63, 3.8) is 0 Å². The Balaban J connectivity index is 2.26. The molecule has 0 aliphatic heterocycles. The van der Waals surface area contributed by atoms with Gasteiger partial charge in [-0.25, -0.2) is 0 Å². The average Bonchev–Trinajstić information content (AvgIpc) is 2.74. The number of rotatable bonds is 8. The Kier molecular flexibility index (Phi) is 7.89. The van der Waals surface area contributed by atoms with E-state index < -0.39 is 53.5 Å². The number of hydrogen-bond acceptors (Lipinski definition) is 2. The van der Waals surface area contributed by atoms with E-state index in [0.717, 1.165) is 0 Å². The first-order valence-electron chi connectivity index (χ1n) is 10.5. The Morgan fingerprint density at radius 1 is 0.485 bits per heavy atom. The molecule has 2 amide bonds. The van der Waals surface area contributed by atoms with Crippen molar-refractivity contribution >= 4 is 11.8 Å². The van der Waals surface area contributed by atoms with Crippen molar-refractivity contribution < 1.29 is 53.5 Å². The molecule has 192 valence electrons. The summed E-state index contributed by atoms with van der Waals surface area (Å²) in [6.07, 6.45) is 3.12. The molecule has 0 aromatic carbocycles. The third-order valence-electron chi connectivity index (χ3n) is 6.03. The van der Waals surface area contributed by atoms with Crippen molar-refractivity contribution in [1.29, 1.82) is 0 Å². The Bertz CT molecular complexity index is 659. The molecular weight excluding hydrogens is 478 g/mol. The van der Waals surface area contributed by atoms with Crippen molar-refractivity contribution in [2.24, 2.45) is 0 Å². The zero-order valence-electron chi connectivity index (χ0n) is 17.3. The average molecular weight is 502 g/mol. The van der Waals surface area contributed by atoms with Crippen molar-refractivity contribution in [3.05, 3.63) is 0 Å². The molecule has 2 N–H and O–H groups in total. The van der Waals surface area contributed by atoms with Crippen molar-refractivity contribution in [3.8, 4) is 0 Å². The summed E-state index contributed by atoms with van der Waals surface area (Å²) in [5.74, 6) is -40.9. The quantitative estimate of drug-likeness (QED) is 0.456. The molecule has 2 rings (SSSR count). The van der Waals surface area contributed by atoms with Crippen LogP contribution in [0.4, 0.5) is 43.9 Å². The highest BCUT2D eigenvalue weighted by atomic mass is 19.4. The Morgan fingerprint density at radius 3 is 1.03 bits per heavy atom. The zero-order chi connectivity index (χ0) is 25.3. The van der Waals surface area contributed by atoms with Crippen molar-refractivity contribution in [2.75, 3.05) is 0 Å². The molecule has 14 heteroatoms. The highest BCUT2D eigenvalue weighted by Crippen LogP contribution is 2.57. The second kappa shape index (κ2) is 9.47. The fraction of sp³-hybridized carbons (Fsp3) is 0.895. The van der Waals surface area contributed by atoms with Crippen LogP contribution >= 0.6 is 0 Å². The van der Waals surface area contributed by atoms with E-state index in [2.05, 4.69) is 0 Å². The Morgan fingerprint density at radius 2 is 0.758 bits per heavy atom. The summed E-state index contributed by atoms with van der Waals surface area (Å²) in [5.41, 5.74) is 0. The summed E-state index contributed by atoms with van der Waals surface area (Å²) in [6.45, 7) is 0. The first kappa shape index (κ1) is 27.5. The molecule has 2 aliphatic rings. The van der Waals surface area contributed by atoms with E-state index in [-0.39, 0.29) is 25.7 Å². The van der Waals surface area contributed by atoms with Crippen LogP contribution in [-0.4, -0.2) is 53.5 Å². The third kappa shape index (κ3) is 4.89.